The number of carbonyl (C=O) groups excluding carboxylic acids is 2. The van der Waals surface area contributed by atoms with Gasteiger partial charge >= 0.3 is 11.9 Å². The Kier molecular flexibility index (Phi) is 8.44. The standard InChI is InChI=1S/C22H26N2O5/c1-3-28-21(26)18-12-8-11-17(13-23)24(14-19(18)22(27)29-4-2)20(15-25)16-9-6-5-7-10-16/h5-7,9-10,12,14,17,20,25H,3-4,8,11,15H2,1-2H3/b18-12+,19-14+/t17?,20-/m0/s1. The number of aliphatic hydroxyl groups is 1. The van der Waals surface area contributed by atoms with Crippen molar-refractivity contribution in [2.75, 3.05) is 19.8 Å². The van der Waals surface area contributed by atoms with Crippen LogP contribution in [-0.2, 0) is 19.1 Å². The summed E-state index contributed by atoms with van der Waals surface area (Å²) >= 11 is 0. The molecule has 2 rings (SSSR count). The third-order valence-electron chi connectivity index (χ3n) is 4.57. The molecule has 154 valence electrons. The summed E-state index contributed by atoms with van der Waals surface area (Å²) in [5, 5.41) is 19.8. The predicted molar refractivity (Wildman–Crippen MR) is 106 cm³/mol. The van der Waals surface area contributed by atoms with Crippen LogP contribution in [0.1, 0.15) is 38.3 Å². The van der Waals surface area contributed by atoms with E-state index in [2.05, 4.69) is 6.07 Å². The highest BCUT2D eigenvalue weighted by Gasteiger charge is 2.31. The monoisotopic (exact) mass is 398 g/mol. The Balaban J connectivity index is 2.59. The Morgan fingerprint density at radius 1 is 1.17 bits per heavy atom. The van der Waals surface area contributed by atoms with Gasteiger partial charge in [0.15, 0.2) is 0 Å². The molecule has 0 radical (unpaired) electrons. The number of ether oxygens (including phenoxy) is 2. The van der Waals surface area contributed by atoms with Gasteiger partial charge in [-0.05, 0) is 32.3 Å². The van der Waals surface area contributed by atoms with Crippen LogP contribution >= 0.6 is 0 Å². The third kappa shape index (κ3) is 5.46. The topological polar surface area (TPSA) is 99.9 Å². The van der Waals surface area contributed by atoms with Gasteiger partial charge in [-0.15, -0.1) is 0 Å². The van der Waals surface area contributed by atoms with Gasteiger partial charge in [0.05, 0.1) is 43.1 Å². The molecule has 2 atom stereocenters. The first-order valence-corrected chi connectivity index (χ1v) is 9.66. The summed E-state index contributed by atoms with van der Waals surface area (Å²) in [6.07, 6.45) is 3.88. The van der Waals surface area contributed by atoms with Crippen molar-refractivity contribution in [2.45, 2.75) is 38.8 Å². The first kappa shape index (κ1) is 22.2. The zero-order chi connectivity index (χ0) is 21.2. The van der Waals surface area contributed by atoms with Crippen LogP contribution in [0, 0.1) is 11.3 Å². The normalized spacial score (nSPS) is 21.3. The summed E-state index contributed by atoms with van der Waals surface area (Å²) in [7, 11) is 0. The average molecular weight is 398 g/mol. The fraction of sp³-hybridized carbons (Fsp3) is 0.409. The van der Waals surface area contributed by atoms with Crippen LogP contribution in [0.3, 0.4) is 0 Å². The van der Waals surface area contributed by atoms with Gasteiger partial charge in [-0.3, -0.25) is 0 Å². The lowest BCUT2D eigenvalue weighted by Gasteiger charge is -2.35. The molecule has 0 spiro atoms. The minimum Gasteiger partial charge on any atom is -0.462 e. The van der Waals surface area contributed by atoms with Crippen LogP contribution in [0.5, 0.6) is 0 Å². The van der Waals surface area contributed by atoms with Gasteiger partial charge in [0.1, 0.15) is 6.04 Å². The molecule has 1 heterocycles. The number of hydrogen-bond donors (Lipinski definition) is 1. The highest BCUT2D eigenvalue weighted by atomic mass is 16.5. The summed E-state index contributed by atoms with van der Waals surface area (Å²) in [6, 6.07) is 10.3. The maximum atomic E-state index is 12.7. The van der Waals surface area contributed by atoms with E-state index in [0.717, 1.165) is 5.56 Å². The summed E-state index contributed by atoms with van der Waals surface area (Å²) in [6.45, 7) is 3.39. The molecule has 0 amide bonds. The lowest BCUT2D eigenvalue weighted by molar-refractivity contribution is -0.142. The van der Waals surface area contributed by atoms with Crippen LogP contribution in [0.25, 0.3) is 0 Å². The molecule has 0 fully saturated rings. The van der Waals surface area contributed by atoms with Crippen molar-refractivity contribution in [3.05, 3.63) is 59.3 Å². The van der Waals surface area contributed by atoms with Gasteiger partial charge in [-0.25, -0.2) is 9.59 Å². The smallest absolute Gasteiger partial charge is 0.340 e. The number of carbonyl (C=O) groups is 2. The third-order valence-corrected chi connectivity index (χ3v) is 4.57. The minimum absolute atomic E-state index is 0.0135. The summed E-state index contributed by atoms with van der Waals surface area (Å²) in [4.78, 5) is 26.8. The molecule has 7 nitrogen and oxygen atoms in total. The number of nitriles is 1. The molecule has 29 heavy (non-hydrogen) atoms. The Bertz CT molecular complexity index is 810. The molecule has 7 heteroatoms. The number of hydrogen-bond acceptors (Lipinski definition) is 7. The average Bonchev–Trinajstić information content (AvgIpc) is 2.71. The van der Waals surface area contributed by atoms with Crippen LogP contribution < -0.4 is 0 Å². The fourth-order valence-corrected chi connectivity index (χ4v) is 3.21. The number of aliphatic hydroxyl groups excluding tert-OH is 1. The second-order valence-corrected chi connectivity index (χ2v) is 6.38. The van der Waals surface area contributed by atoms with Crippen LogP contribution in [0.4, 0.5) is 0 Å². The van der Waals surface area contributed by atoms with E-state index in [1.807, 2.05) is 30.3 Å². The second-order valence-electron chi connectivity index (χ2n) is 6.38. The first-order chi connectivity index (χ1) is 14.1. The van der Waals surface area contributed by atoms with E-state index in [-0.39, 0.29) is 31.0 Å². The lowest BCUT2D eigenvalue weighted by Crippen LogP contribution is -2.37. The van der Waals surface area contributed by atoms with Crippen molar-refractivity contribution in [1.29, 1.82) is 5.26 Å². The van der Waals surface area contributed by atoms with Crippen molar-refractivity contribution in [2.24, 2.45) is 0 Å². The molecule has 0 aliphatic carbocycles. The van der Waals surface area contributed by atoms with E-state index in [1.165, 1.54) is 6.20 Å². The highest BCUT2D eigenvalue weighted by molar-refractivity contribution is 6.07. The number of benzene rings is 1. The Labute approximate surface area is 170 Å². The van der Waals surface area contributed by atoms with Gasteiger partial charge in [0.2, 0.25) is 0 Å². The maximum Gasteiger partial charge on any atom is 0.340 e. The molecule has 0 bridgehead atoms. The van der Waals surface area contributed by atoms with Crippen LogP contribution in [0.15, 0.2) is 53.8 Å². The van der Waals surface area contributed by atoms with Crippen molar-refractivity contribution >= 4 is 11.9 Å². The van der Waals surface area contributed by atoms with E-state index < -0.39 is 24.0 Å². The number of nitrogens with zero attached hydrogens (tertiary/aromatic N) is 2. The fourth-order valence-electron chi connectivity index (χ4n) is 3.21. The Morgan fingerprint density at radius 3 is 2.34 bits per heavy atom. The number of esters is 2. The van der Waals surface area contributed by atoms with E-state index in [9.17, 15) is 20.0 Å². The highest BCUT2D eigenvalue weighted by Crippen LogP contribution is 2.30. The maximum absolute atomic E-state index is 12.7. The minimum atomic E-state index is -0.680. The van der Waals surface area contributed by atoms with Gasteiger partial charge in [0.25, 0.3) is 0 Å². The van der Waals surface area contributed by atoms with E-state index in [4.69, 9.17) is 9.47 Å². The molecule has 0 saturated carbocycles. The largest absolute Gasteiger partial charge is 0.462 e. The number of allylic oxidation sites excluding steroid dienone is 1. The van der Waals surface area contributed by atoms with E-state index in [0.29, 0.717) is 12.8 Å². The van der Waals surface area contributed by atoms with Crippen molar-refractivity contribution in [3.63, 3.8) is 0 Å². The van der Waals surface area contributed by atoms with Crippen LogP contribution in [-0.4, -0.2) is 47.8 Å². The quantitative estimate of drug-likeness (QED) is 0.705. The Morgan fingerprint density at radius 2 is 1.79 bits per heavy atom. The van der Waals surface area contributed by atoms with E-state index in [1.54, 1.807) is 24.8 Å². The lowest BCUT2D eigenvalue weighted by atomic mass is 9.97. The van der Waals surface area contributed by atoms with Crippen molar-refractivity contribution in [3.8, 4) is 6.07 Å². The predicted octanol–water partition coefficient (Wildman–Crippen LogP) is 2.64. The molecule has 1 aromatic carbocycles. The molecule has 1 unspecified atom stereocenters. The van der Waals surface area contributed by atoms with Crippen LogP contribution in [0.2, 0.25) is 0 Å². The van der Waals surface area contributed by atoms with Crippen molar-refractivity contribution < 1.29 is 24.2 Å². The van der Waals surface area contributed by atoms with Crippen molar-refractivity contribution in [1.82, 2.24) is 4.90 Å². The molecule has 1 aliphatic rings. The molecular weight excluding hydrogens is 372 g/mol. The molecule has 1 aromatic rings. The zero-order valence-corrected chi connectivity index (χ0v) is 16.7. The Hall–Kier alpha value is -3.11. The van der Waals surface area contributed by atoms with Gasteiger partial charge in [-0.1, -0.05) is 36.4 Å². The summed E-state index contributed by atoms with van der Waals surface area (Å²) in [5.41, 5.74) is 0.910. The second kappa shape index (κ2) is 11.0. The molecule has 1 N–H and O–H groups in total. The van der Waals surface area contributed by atoms with Gasteiger partial charge in [0, 0.05) is 6.20 Å². The van der Waals surface area contributed by atoms with E-state index >= 15 is 0 Å². The molecule has 0 aromatic heterocycles. The van der Waals surface area contributed by atoms with Gasteiger partial charge < -0.3 is 19.5 Å². The molecule has 1 aliphatic heterocycles. The number of rotatable bonds is 7. The zero-order valence-electron chi connectivity index (χ0n) is 16.7. The summed E-state index contributed by atoms with van der Waals surface area (Å²) in [5.74, 6) is -1.30. The SMILES string of the molecule is CCOC(=O)C1=C/CCC(C#N)N([C@@H](CO)c2ccccc2)/C=C\1C(=O)OCC. The summed E-state index contributed by atoms with van der Waals surface area (Å²) < 4.78 is 10.3. The molecule has 0 saturated heterocycles. The van der Waals surface area contributed by atoms with Gasteiger partial charge in [-0.2, -0.15) is 5.26 Å². The first-order valence-electron chi connectivity index (χ1n) is 9.66. The molecular formula is C22H26N2O5.